The van der Waals surface area contributed by atoms with Gasteiger partial charge in [0.1, 0.15) is 5.60 Å². The van der Waals surface area contributed by atoms with E-state index in [-0.39, 0.29) is 13.0 Å². The van der Waals surface area contributed by atoms with Gasteiger partial charge in [0.25, 0.3) is 5.92 Å². The number of piperidine rings is 1. The third-order valence-electron chi connectivity index (χ3n) is 2.10. The number of carbonyl (C=O) groups excluding carboxylic acids is 1. The third kappa shape index (κ3) is 5.78. The average Bonchev–Trinajstić information content (AvgIpc) is 2.10. The second-order valence-corrected chi connectivity index (χ2v) is 5.16. The van der Waals surface area contributed by atoms with E-state index in [0.29, 0.717) is 6.54 Å². The quantitative estimate of drug-likeness (QED) is 0.641. The maximum absolute atomic E-state index is 13.0. The van der Waals surface area contributed by atoms with E-state index in [1.165, 1.54) is 0 Å². The van der Waals surface area contributed by atoms with E-state index in [1.54, 1.807) is 20.8 Å². The number of rotatable bonds is 2. The molecule has 0 bridgehead atoms. The van der Waals surface area contributed by atoms with Crippen molar-refractivity contribution < 1.29 is 18.3 Å². The minimum Gasteiger partial charge on any atom is -0.443 e. The lowest BCUT2D eigenvalue weighted by Gasteiger charge is -2.30. The van der Waals surface area contributed by atoms with Gasteiger partial charge in [-0.25, -0.2) is 19.0 Å². The molecule has 17 heavy (non-hydrogen) atoms. The van der Waals surface area contributed by atoms with Crippen molar-refractivity contribution in [3.05, 3.63) is 0 Å². The fourth-order valence-corrected chi connectivity index (χ4v) is 1.50. The van der Waals surface area contributed by atoms with Crippen LogP contribution in [0.15, 0.2) is 0 Å². The Morgan fingerprint density at radius 3 is 2.65 bits per heavy atom. The number of ether oxygens (including phenoxy) is 1. The molecular formula is C10H19F2N3O2. The number of hydrazine groups is 1. The van der Waals surface area contributed by atoms with Crippen molar-refractivity contribution in [1.29, 1.82) is 0 Å². The zero-order valence-electron chi connectivity index (χ0n) is 10.3. The molecule has 1 fully saturated rings. The van der Waals surface area contributed by atoms with Gasteiger partial charge in [0, 0.05) is 19.0 Å². The standard InChI is InChI=1S/C10H19F2N3O2/c1-9(2,3)17-8(16)15-14-7-4-10(11,12)6-13-5-7/h7,13-14H,4-6H2,1-3H3,(H,15,16)/t7-/m1/s1. The summed E-state index contributed by atoms with van der Waals surface area (Å²) in [7, 11) is 0. The molecule has 1 amide bonds. The largest absolute Gasteiger partial charge is 0.443 e. The maximum Gasteiger partial charge on any atom is 0.422 e. The minimum absolute atomic E-state index is 0.310. The lowest BCUT2D eigenvalue weighted by Crippen LogP contribution is -2.56. The highest BCUT2D eigenvalue weighted by molar-refractivity contribution is 5.67. The lowest BCUT2D eigenvalue weighted by molar-refractivity contribution is -0.0335. The molecule has 3 N–H and O–H groups in total. The normalized spacial score (nSPS) is 24.2. The maximum atomic E-state index is 13.0. The second kappa shape index (κ2) is 5.14. The van der Waals surface area contributed by atoms with Crippen LogP contribution in [0.4, 0.5) is 13.6 Å². The first kappa shape index (κ1) is 14.1. The molecule has 0 unspecified atom stereocenters. The van der Waals surface area contributed by atoms with Crippen LogP contribution in [0.3, 0.4) is 0 Å². The summed E-state index contributed by atoms with van der Waals surface area (Å²) in [6.07, 6.45) is -0.984. The molecule has 0 spiro atoms. The van der Waals surface area contributed by atoms with E-state index < -0.39 is 23.7 Å². The smallest absolute Gasteiger partial charge is 0.422 e. The first-order valence-electron chi connectivity index (χ1n) is 5.51. The summed E-state index contributed by atoms with van der Waals surface area (Å²) >= 11 is 0. The van der Waals surface area contributed by atoms with Crippen LogP contribution < -0.4 is 16.2 Å². The highest BCUT2D eigenvalue weighted by Gasteiger charge is 2.36. The molecule has 1 saturated heterocycles. The van der Waals surface area contributed by atoms with Gasteiger partial charge < -0.3 is 10.1 Å². The Morgan fingerprint density at radius 1 is 1.47 bits per heavy atom. The van der Waals surface area contributed by atoms with Crippen molar-refractivity contribution in [3.8, 4) is 0 Å². The van der Waals surface area contributed by atoms with E-state index in [1.807, 2.05) is 0 Å². The highest BCUT2D eigenvalue weighted by Crippen LogP contribution is 2.21. The first-order chi connectivity index (χ1) is 7.68. The Bertz CT molecular complexity index is 279. The number of hydrogen-bond acceptors (Lipinski definition) is 4. The Morgan fingerprint density at radius 2 is 2.12 bits per heavy atom. The monoisotopic (exact) mass is 251 g/mol. The van der Waals surface area contributed by atoms with Crippen LogP contribution in [0.1, 0.15) is 27.2 Å². The van der Waals surface area contributed by atoms with Crippen LogP contribution in [0, 0.1) is 0 Å². The number of halogens is 2. The molecule has 1 rings (SSSR count). The van der Waals surface area contributed by atoms with Crippen molar-refractivity contribution >= 4 is 6.09 Å². The van der Waals surface area contributed by atoms with E-state index >= 15 is 0 Å². The molecule has 0 aromatic heterocycles. The molecular weight excluding hydrogens is 232 g/mol. The summed E-state index contributed by atoms with van der Waals surface area (Å²) in [4.78, 5) is 11.3. The molecule has 0 aromatic rings. The summed E-state index contributed by atoms with van der Waals surface area (Å²) in [5.74, 6) is -2.74. The van der Waals surface area contributed by atoms with Crippen molar-refractivity contribution in [3.63, 3.8) is 0 Å². The van der Waals surface area contributed by atoms with Gasteiger partial charge in [-0.3, -0.25) is 5.43 Å². The molecule has 0 aliphatic carbocycles. The number of amides is 1. The summed E-state index contributed by atoms with van der Waals surface area (Å²) in [5, 5.41) is 2.59. The van der Waals surface area contributed by atoms with Gasteiger partial charge in [0.15, 0.2) is 0 Å². The van der Waals surface area contributed by atoms with Crippen molar-refractivity contribution in [2.45, 2.75) is 44.8 Å². The van der Waals surface area contributed by atoms with Crippen LogP contribution in [-0.2, 0) is 4.74 Å². The molecule has 0 radical (unpaired) electrons. The van der Waals surface area contributed by atoms with E-state index in [2.05, 4.69) is 16.2 Å². The second-order valence-electron chi connectivity index (χ2n) is 5.16. The van der Waals surface area contributed by atoms with E-state index in [9.17, 15) is 13.6 Å². The van der Waals surface area contributed by atoms with Gasteiger partial charge in [-0.1, -0.05) is 0 Å². The third-order valence-corrected chi connectivity index (χ3v) is 2.10. The Hall–Kier alpha value is -0.950. The van der Waals surface area contributed by atoms with Crippen molar-refractivity contribution in [1.82, 2.24) is 16.2 Å². The molecule has 100 valence electrons. The zero-order chi connectivity index (χ0) is 13.1. The number of nitrogens with one attached hydrogen (secondary N) is 3. The summed E-state index contributed by atoms with van der Waals surface area (Å²) in [6, 6.07) is -0.508. The zero-order valence-corrected chi connectivity index (χ0v) is 10.3. The summed E-state index contributed by atoms with van der Waals surface area (Å²) in [6.45, 7) is 5.23. The Kier molecular flexibility index (Phi) is 4.26. The SMILES string of the molecule is CC(C)(C)OC(=O)NN[C@H]1CNCC(F)(F)C1. The number of carbonyl (C=O) groups is 1. The lowest BCUT2D eigenvalue weighted by atomic mass is 10.1. The van der Waals surface area contributed by atoms with Gasteiger partial charge in [0.05, 0.1) is 6.54 Å². The van der Waals surface area contributed by atoms with Crippen molar-refractivity contribution in [2.24, 2.45) is 0 Å². The van der Waals surface area contributed by atoms with Gasteiger partial charge in [-0.2, -0.15) is 0 Å². The Balaban J connectivity index is 2.29. The van der Waals surface area contributed by atoms with Crippen molar-refractivity contribution in [2.75, 3.05) is 13.1 Å². The molecule has 1 heterocycles. The Labute approximate surface area is 99.2 Å². The first-order valence-corrected chi connectivity index (χ1v) is 5.51. The van der Waals surface area contributed by atoms with Gasteiger partial charge in [-0.15, -0.1) is 0 Å². The minimum atomic E-state index is -2.74. The van der Waals surface area contributed by atoms with Gasteiger partial charge >= 0.3 is 6.09 Å². The highest BCUT2D eigenvalue weighted by atomic mass is 19.3. The summed E-state index contributed by atoms with van der Waals surface area (Å²) < 4.78 is 31.0. The van der Waals surface area contributed by atoms with Gasteiger partial charge in [0.2, 0.25) is 0 Å². The molecule has 1 atom stereocenters. The summed E-state index contributed by atoms with van der Waals surface area (Å²) in [5.41, 5.74) is 4.18. The fraction of sp³-hybridized carbons (Fsp3) is 0.900. The molecule has 0 saturated carbocycles. The predicted molar refractivity (Wildman–Crippen MR) is 58.7 cm³/mol. The molecule has 7 heteroatoms. The van der Waals surface area contributed by atoms with Gasteiger partial charge in [-0.05, 0) is 20.8 Å². The van der Waals surface area contributed by atoms with Crippen LogP contribution in [0.2, 0.25) is 0 Å². The average molecular weight is 251 g/mol. The van der Waals surface area contributed by atoms with Crippen LogP contribution >= 0.6 is 0 Å². The number of alkyl halides is 2. The van der Waals surface area contributed by atoms with Crippen LogP contribution in [0.5, 0.6) is 0 Å². The molecule has 5 nitrogen and oxygen atoms in total. The van der Waals surface area contributed by atoms with E-state index in [0.717, 1.165) is 0 Å². The van der Waals surface area contributed by atoms with E-state index in [4.69, 9.17) is 4.74 Å². The molecule has 1 aliphatic heterocycles. The fourth-order valence-electron chi connectivity index (χ4n) is 1.50. The van der Waals surface area contributed by atoms with Crippen LogP contribution in [0.25, 0.3) is 0 Å². The topological polar surface area (TPSA) is 62.4 Å². The molecule has 1 aliphatic rings. The number of hydrogen-bond donors (Lipinski definition) is 3. The predicted octanol–water partition coefficient (Wildman–Crippen LogP) is 1.01. The molecule has 0 aromatic carbocycles. The van der Waals surface area contributed by atoms with Crippen LogP contribution in [-0.4, -0.2) is 36.7 Å².